The van der Waals surface area contributed by atoms with Crippen molar-refractivity contribution < 1.29 is 14.7 Å². The van der Waals surface area contributed by atoms with Crippen LogP contribution < -0.4 is 5.32 Å². The van der Waals surface area contributed by atoms with E-state index in [1.54, 1.807) is 6.07 Å². The van der Waals surface area contributed by atoms with Crippen LogP contribution >= 0.6 is 11.3 Å². The molecule has 1 aromatic carbocycles. The minimum absolute atomic E-state index is 0.0934. The van der Waals surface area contributed by atoms with E-state index in [1.165, 1.54) is 11.3 Å². The van der Waals surface area contributed by atoms with Gasteiger partial charge in [-0.3, -0.25) is 4.79 Å². The Labute approximate surface area is 114 Å². The van der Waals surface area contributed by atoms with Gasteiger partial charge in [0.1, 0.15) is 6.04 Å². The van der Waals surface area contributed by atoms with Crippen molar-refractivity contribution in [3.63, 3.8) is 0 Å². The lowest BCUT2D eigenvalue weighted by atomic mass is 10.2. The summed E-state index contributed by atoms with van der Waals surface area (Å²) in [6.45, 7) is 0. The molecule has 0 bridgehead atoms. The Morgan fingerprint density at radius 3 is 2.68 bits per heavy atom. The smallest absolute Gasteiger partial charge is 0.326 e. The van der Waals surface area contributed by atoms with E-state index < -0.39 is 12.0 Å². The van der Waals surface area contributed by atoms with Crippen molar-refractivity contribution in [3.8, 4) is 0 Å². The standard InChI is InChI=1S/C14H13NO3S/c16-13(15-12(14(17)18)8-5-6-8)11-7-9-3-1-2-4-10(9)19-11/h1-4,7-8,12H,5-6H2,(H,15,16)(H,17,18). The van der Waals surface area contributed by atoms with E-state index in [4.69, 9.17) is 5.11 Å². The van der Waals surface area contributed by atoms with Gasteiger partial charge < -0.3 is 10.4 Å². The zero-order valence-electron chi connectivity index (χ0n) is 10.1. The number of carboxylic acids is 1. The summed E-state index contributed by atoms with van der Waals surface area (Å²) in [6, 6.07) is 8.79. The predicted octanol–water partition coefficient (Wildman–Crippen LogP) is 2.49. The first-order valence-corrected chi connectivity index (χ1v) is 6.99. The number of fused-ring (bicyclic) bond motifs is 1. The first-order chi connectivity index (χ1) is 9.15. The summed E-state index contributed by atoms with van der Waals surface area (Å²) in [7, 11) is 0. The molecule has 1 fully saturated rings. The summed E-state index contributed by atoms with van der Waals surface area (Å²) < 4.78 is 1.03. The molecule has 19 heavy (non-hydrogen) atoms. The van der Waals surface area contributed by atoms with Crippen LogP contribution in [-0.2, 0) is 4.79 Å². The molecule has 4 nitrogen and oxygen atoms in total. The highest BCUT2D eigenvalue weighted by Crippen LogP contribution is 2.33. The number of amides is 1. The average molecular weight is 275 g/mol. The third-order valence-electron chi connectivity index (χ3n) is 3.30. The van der Waals surface area contributed by atoms with Crippen LogP contribution in [0.5, 0.6) is 0 Å². The van der Waals surface area contributed by atoms with E-state index in [2.05, 4.69) is 5.32 Å². The molecule has 1 saturated carbocycles. The van der Waals surface area contributed by atoms with Crippen LogP contribution in [0, 0.1) is 5.92 Å². The molecule has 2 aromatic rings. The fourth-order valence-electron chi connectivity index (χ4n) is 2.12. The number of thiophene rings is 1. The van der Waals surface area contributed by atoms with E-state index in [0.717, 1.165) is 22.9 Å². The SMILES string of the molecule is O=C(NC(C(=O)O)C1CC1)c1cc2ccccc2s1. The second-order valence-corrected chi connectivity index (χ2v) is 5.86. The maximum absolute atomic E-state index is 12.1. The summed E-state index contributed by atoms with van der Waals surface area (Å²) >= 11 is 1.39. The number of hydrogen-bond donors (Lipinski definition) is 2. The molecule has 1 amide bonds. The molecule has 1 aliphatic carbocycles. The Bertz CT molecular complexity index is 612. The number of carbonyl (C=O) groups excluding carboxylic acids is 1. The highest BCUT2D eigenvalue weighted by atomic mass is 32.1. The van der Waals surface area contributed by atoms with Gasteiger partial charge in [0, 0.05) is 4.70 Å². The summed E-state index contributed by atoms with van der Waals surface area (Å²) in [4.78, 5) is 23.8. The number of carbonyl (C=O) groups is 2. The van der Waals surface area contributed by atoms with E-state index in [0.29, 0.717) is 4.88 Å². The van der Waals surface area contributed by atoms with Gasteiger partial charge in [-0.2, -0.15) is 0 Å². The maximum atomic E-state index is 12.1. The van der Waals surface area contributed by atoms with Crippen LogP contribution in [0.1, 0.15) is 22.5 Å². The number of hydrogen-bond acceptors (Lipinski definition) is 3. The van der Waals surface area contributed by atoms with Crippen molar-refractivity contribution in [2.24, 2.45) is 5.92 Å². The Hall–Kier alpha value is -1.88. The quantitative estimate of drug-likeness (QED) is 0.901. The van der Waals surface area contributed by atoms with E-state index in [1.807, 2.05) is 24.3 Å². The van der Waals surface area contributed by atoms with Crippen LogP contribution in [-0.4, -0.2) is 23.0 Å². The second-order valence-electron chi connectivity index (χ2n) is 4.78. The second kappa shape index (κ2) is 4.66. The molecule has 98 valence electrons. The molecule has 1 unspecified atom stereocenters. The first kappa shape index (κ1) is 12.2. The third kappa shape index (κ3) is 2.46. The van der Waals surface area contributed by atoms with E-state index >= 15 is 0 Å². The van der Waals surface area contributed by atoms with Gasteiger partial charge in [0.2, 0.25) is 0 Å². The topological polar surface area (TPSA) is 66.4 Å². The molecular formula is C14H13NO3S. The van der Waals surface area contributed by atoms with Crippen LogP contribution in [0.25, 0.3) is 10.1 Å². The van der Waals surface area contributed by atoms with E-state index in [-0.39, 0.29) is 11.8 Å². The molecule has 0 saturated heterocycles. The van der Waals surface area contributed by atoms with Gasteiger partial charge in [0.15, 0.2) is 0 Å². The van der Waals surface area contributed by atoms with Gasteiger partial charge in [0.25, 0.3) is 5.91 Å². The van der Waals surface area contributed by atoms with Crippen LogP contribution in [0.15, 0.2) is 30.3 Å². The Morgan fingerprint density at radius 1 is 1.32 bits per heavy atom. The molecule has 0 aliphatic heterocycles. The van der Waals surface area contributed by atoms with Gasteiger partial charge in [-0.1, -0.05) is 18.2 Å². The molecule has 1 heterocycles. The lowest BCUT2D eigenvalue weighted by Crippen LogP contribution is -2.42. The number of nitrogens with one attached hydrogen (secondary N) is 1. The minimum atomic E-state index is -0.947. The van der Waals surface area contributed by atoms with Gasteiger partial charge in [-0.15, -0.1) is 11.3 Å². The predicted molar refractivity (Wildman–Crippen MR) is 73.4 cm³/mol. The van der Waals surface area contributed by atoms with E-state index in [9.17, 15) is 9.59 Å². The normalized spacial score (nSPS) is 16.2. The first-order valence-electron chi connectivity index (χ1n) is 6.17. The maximum Gasteiger partial charge on any atom is 0.326 e. The molecule has 0 radical (unpaired) electrons. The lowest BCUT2D eigenvalue weighted by Gasteiger charge is -2.12. The summed E-state index contributed by atoms with van der Waals surface area (Å²) in [5, 5.41) is 12.7. The molecule has 5 heteroatoms. The van der Waals surface area contributed by atoms with Gasteiger partial charge >= 0.3 is 5.97 Å². The van der Waals surface area contributed by atoms with Crippen molar-refractivity contribution in [3.05, 3.63) is 35.2 Å². The summed E-state index contributed by atoms with van der Waals surface area (Å²) in [5.41, 5.74) is 0. The van der Waals surface area contributed by atoms with Crippen molar-refractivity contribution >= 4 is 33.3 Å². The highest BCUT2D eigenvalue weighted by Gasteiger charge is 2.37. The zero-order chi connectivity index (χ0) is 13.4. The van der Waals surface area contributed by atoms with Gasteiger partial charge in [-0.25, -0.2) is 4.79 Å². The number of rotatable bonds is 4. The van der Waals surface area contributed by atoms with Crippen molar-refractivity contribution in [1.82, 2.24) is 5.32 Å². The van der Waals surface area contributed by atoms with Gasteiger partial charge in [-0.05, 0) is 36.3 Å². The Kier molecular flexibility index (Phi) is 2.98. The fourth-order valence-corrected chi connectivity index (χ4v) is 3.08. The van der Waals surface area contributed by atoms with Gasteiger partial charge in [0.05, 0.1) is 4.88 Å². The van der Waals surface area contributed by atoms with Crippen molar-refractivity contribution in [2.45, 2.75) is 18.9 Å². The molecule has 3 rings (SSSR count). The number of aliphatic carboxylic acids is 1. The number of benzene rings is 1. The molecule has 1 aliphatic rings. The molecule has 2 N–H and O–H groups in total. The largest absolute Gasteiger partial charge is 0.480 e. The minimum Gasteiger partial charge on any atom is -0.480 e. The molecule has 1 aromatic heterocycles. The third-order valence-corrected chi connectivity index (χ3v) is 4.41. The summed E-state index contributed by atoms with van der Waals surface area (Å²) in [6.07, 6.45) is 1.76. The highest BCUT2D eigenvalue weighted by molar-refractivity contribution is 7.20. The monoisotopic (exact) mass is 275 g/mol. The zero-order valence-corrected chi connectivity index (χ0v) is 10.9. The van der Waals surface area contributed by atoms with Crippen LogP contribution in [0.2, 0.25) is 0 Å². The number of carboxylic acid groups (broad SMARTS) is 1. The van der Waals surface area contributed by atoms with Crippen molar-refractivity contribution in [1.29, 1.82) is 0 Å². The molecular weight excluding hydrogens is 262 g/mol. The average Bonchev–Trinajstić information content (AvgIpc) is 3.12. The Morgan fingerprint density at radius 2 is 2.05 bits per heavy atom. The fraction of sp³-hybridized carbons (Fsp3) is 0.286. The van der Waals surface area contributed by atoms with Crippen LogP contribution in [0.4, 0.5) is 0 Å². The lowest BCUT2D eigenvalue weighted by molar-refractivity contribution is -0.139. The molecule has 0 spiro atoms. The summed E-state index contributed by atoms with van der Waals surface area (Å²) in [5.74, 6) is -1.15. The molecule has 1 atom stereocenters. The van der Waals surface area contributed by atoms with Crippen LogP contribution in [0.3, 0.4) is 0 Å². The van der Waals surface area contributed by atoms with Crippen molar-refractivity contribution in [2.75, 3.05) is 0 Å². The Balaban J connectivity index is 1.81.